The van der Waals surface area contributed by atoms with Crippen LogP contribution in [0.25, 0.3) is 0 Å². The number of piperidine rings is 1. The molecule has 0 bridgehead atoms. The molecule has 1 aliphatic rings. The predicted molar refractivity (Wildman–Crippen MR) is 77.5 cm³/mol. The van der Waals surface area contributed by atoms with E-state index in [9.17, 15) is 4.79 Å². The number of allylic oxidation sites excluding steroid dienone is 1. The Morgan fingerprint density at radius 3 is 2.47 bits per heavy atom. The van der Waals surface area contributed by atoms with Crippen LogP contribution in [0.3, 0.4) is 0 Å². The summed E-state index contributed by atoms with van der Waals surface area (Å²) in [5, 5.41) is 0. The summed E-state index contributed by atoms with van der Waals surface area (Å²) < 4.78 is 0. The fourth-order valence-electron chi connectivity index (χ4n) is 2.57. The summed E-state index contributed by atoms with van der Waals surface area (Å²) in [7, 11) is 0. The summed E-state index contributed by atoms with van der Waals surface area (Å²) >= 11 is 0. The number of hydrogen-bond acceptors (Lipinski definition) is 2. The largest absolute Gasteiger partial charge is 0.341 e. The SMILES string of the molecule is C=CC1CCN(C(=O)C(C)(N)c2ccccc2)CC1. The lowest BCUT2D eigenvalue weighted by Gasteiger charge is -2.36. The van der Waals surface area contributed by atoms with Gasteiger partial charge in [-0.2, -0.15) is 0 Å². The molecule has 0 aromatic heterocycles. The van der Waals surface area contributed by atoms with E-state index in [-0.39, 0.29) is 5.91 Å². The summed E-state index contributed by atoms with van der Waals surface area (Å²) in [6.07, 6.45) is 3.96. The molecule has 1 aromatic rings. The second-order valence-electron chi connectivity index (χ2n) is 5.43. The number of nitrogens with zero attached hydrogens (tertiary/aromatic N) is 1. The van der Waals surface area contributed by atoms with Gasteiger partial charge in [0, 0.05) is 13.1 Å². The first-order chi connectivity index (χ1) is 9.05. The highest BCUT2D eigenvalue weighted by molar-refractivity contribution is 5.87. The Morgan fingerprint density at radius 2 is 1.95 bits per heavy atom. The zero-order chi connectivity index (χ0) is 13.9. The fourth-order valence-corrected chi connectivity index (χ4v) is 2.57. The maximum atomic E-state index is 12.6. The molecular weight excluding hydrogens is 236 g/mol. The van der Waals surface area contributed by atoms with Crippen molar-refractivity contribution in [2.24, 2.45) is 11.7 Å². The minimum Gasteiger partial charge on any atom is -0.341 e. The van der Waals surface area contributed by atoms with Crippen molar-refractivity contribution in [2.75, 3.05) is 13.1 Å². The summed E-state index contributed by atoms with van der Waals surface area (Å²) in [4.78, 5) is 14.5. The van der Waals surface area contributed by atoms with E-state index in [0.717, 1.165) is 31.5 Å². The van der Waals surface area contributed by atoms with Gasteiger partial charge in [-0.25, -0.2) is 0 Å². The lowest BCUT2D eigenvalue weighted by Crippen LogP contribution is -2.52. The number of amides is 1. The van der Waals surface area contributed by atoms with Crippen LogP contribution in [-0.4, -0.2) is 23.9 Å². The number of carbonyl (C=O) groups is 1. The van der Waals surface area contributed by atoms with Gasteiger partial charge in [0.25, 0.3) is 0 Å². The molecule has 3 heteroatoms. The van der Waals surface area contributed by atoms with E-state index in [1.54, 1.807) is 6.92 Å². The average molecular weight is 258 g/mol. The van der Waals surface area contributed by atoms with Crippen molar-refractivity contribution in [1.82, 2.24) is 4.90 Å². The van der Waals surface area contributed by atoms with E-state index >= 15 is 0 Å². The Hall–Kier alpha value is -1.61. The highest BCUT2D eigenvalue weighted by Crippen LogP contribution is 2.24. The van der Waals surface area contributed by atoms with E-state index < -0.39 is 5.54 Å². The van der Waals surface area contributed by atoms with Crippen LogP contribution < -0.4 is 5.73 Å². The minimum atomic E-state index is -0.942. The third kappa shape index (κ3) is 2.87. The molecule has 0 aliphatic carbocycles. The first-order valence-corrected chi connectivity index (χ1v) is 6.82. The molecule has 1 heterocycles. The number of carbonyl (C=O) groups excluding carboxylic acids is 1. The van der Waals surface area contributed by atoms with Crippen molar-refractivity contribution in [3.05, 3.63) is 48.6 Å². The normalized spacial score (nSPS) is 19.8. The van der Waals surface area contributed by atoms with Gasteiger partial charge in [0.15, 0.2) is 0 Å². The van der Waals surface area contributed by atoms with Crippen LogP contribution in [0.15, 0.2) is 43.0 Å². The average Bonchev–Trinajstić information content (AvgIpc) is 2.47. The smallest absolute Gasteiger partial charge is 0.246 e. The molecule has 0 spiro atoms. The van der Waals surface area contributed by atoms with Gasteiger partial charge < -0.3 is 10.6 Å². The first-order valence-electron chi connectivity index (χ1n) is 6.82. The molecule has 19 heavy (non-hydrogen) atoms. The van der Waals surface area contributed by atoms with Gasteiger partial charge in [-0.1, -0.05) is 36.4 Å². The standard InChI is InChI=1S/C16H22N2O/c1-3-13-9-11-18(12-10-13)15(19)16(2,17)14-7-5-4-6-8-14/h3-8,13H,1,9-12,17H2,2H3. The summed E-state index contributed by atoms with van der Waals surface area (Å²) in [6, 6.07) is 9.58. The van der Waals surface area contributed by atoms with Crippen molar-refractivity contribution in [1.29, 1.82) is 0 Å². The van der Waals surface area contributed by atoms with Crippen LogP contribution >= 0.6 is 0 Å². The molecule has 0 radical (unpaired) electrons. The van der Waals surface area contributed by atoms with E-state index in [4.69, 9.17) is 5.73 Å². The Labute approximate surface area is 115 Å². The summed E-state index contributed by atoms with van der Waals surface area (Å²) in [6.45, 7) is 7.16. The number of likely N-dealkylation sites (tertiary alicyclic amines) is 1. The second-order valence-corrected chi connectivity index (χ2v) is 5.43. The maximum Gasteiger partial charge on any atom is 0.246 e. The molecular formula is C16H22N2O. The van der Waals surface area contributed by atoms with Gasteiger partial charge >= 0.3 is 0 Å². The van der Waals surface area contributed by atoms with Gasteiger partial charge in [0.05, 0.1) is 0 Å². The molecule has 0 saturated carbocycles. The molecule has 1 aliphatic heterocycles. The van der Waals surface area contributed by atoms with E-state index in [2.05, 4.69) is 6.58 Å². The molecule has 1 saturated heterocycles. The van der Waals surface area contributed by atoms with Crippen LogP contribution in [0, 0.1) is 5.92 Å². The number of rotatable bonds is 3. The lowest BCUT2D eigenvalue weighted by molar-refractivity contribution is -0.138. The highest BCUT2D eigenvalue weighted by Gasteiger charge is 2.35. The highest BCUT2D eigenvalue weighted by atomic mass is 16.2. The molecule has 1 amide bonds. The number of benzene rings is 1. The van der Waals surface area contributed by atoms with Gasteiger partial charge in [-0.05, 0) is 31.2 Å². The Balaban J connectivity index is 2.09. The molecule has 2 rings (SSSR count). The third-order valence-corrected chi connectivity index (χ3v) is 3.98. The topological polar surface area (TPSA) is 46.3 Å². The predicted octanol–water partition coefficient (Wildman–Crippen LogP) is 2.29. The van der Waals surface area contributed by atoms with Crippen LogP contribution in [0.1, 0.15) is 25.3 Å². The molecule has 1 fully saturated rings. The zero-order valence-electron chi connectivity index (χ0n) is 11.5. The van der Waals surface area contributed by atoms with Crippen LogP contribution in [0.5, 0.6) is 0 Å². The van der Waals surface area contributed by atoms with Crippen LogP contribution in [0.4, 0.5) is 0 Å². The molecule has 2 N–H and O–H groups in total. The lowest BCUT2D eigenvalue weighted by atomic mass is 9.89. The quantitative estimate of drug-likeness (QED) is 0.845. The molecule has 102 valence electrons. The van der Waals surface area contributed by atoms with Gasteiger partial charge in [0.1, 0.15) is 5.54 Å². The van der Waals surface area contributed by atoms with Crippen molar-refractivity contribution in [2.45, 2.75) is 25.3 Å². The van der Waals surface area contributed by atoms with Crippen molar-refractivity contribution in [3.8, 4) is 0 Å². The molecule has 3 nitrogen and oxygen atoms in total. The van der Waals surface area contributed by atoms with Crippen molar-refractivity contribution >= 4 is 5.91 Å². The first kappa shape index (κ1) is 13.8. The van der Waals surface area contributed by atoms with Gasteiger partial charge in [-0.3, -0.25) is 4.79 Å². The second kappa shape index (κ2) is 5.57. The third-order valence-electron chi connectivity index (χ3n) is 3.98. The minimum absolute atomic E-state index is 0.0150. The Bertz CT molecular complexity index is 445. The van der Waals surface area contributed by atoms with Crippen molar-refractivity contribution < 1.29 is 4.79 Å². The van der Waals surface area contributed by atoms with Gasteiger partial charge in [-0.15, -0.1) is 6.58 Å². The monoisotopic (exact) mass is 258 g/mol. The Kier molecular flexibility index (Phi) is 4.05. The molecule has 1 atom stereocenters. The summed E-state index contributed by atoms with van der Waals surface area (Å²) in [5.74, 6) is 0.547. The fraction of sp³-hybridized carbons (Fsp3) is 0.438. The van der Waals surface area contributed by atoms with Crippen LogP contribution in [0.2, 0.25) is 0 Å². The van der Waals surface area contributed by atoms with E-state index in [0.29, 0.717) is 5.92 Å². The van der Waals surface area contributed by atoms with Crippen LogP contribution in [-0.2, 0) is 10.3 Å². The number of nitrogens with two attached hydrogens (primary N) is 1. The van der Waals surface area contributed by atoms with Gasteiger partial charge in [0.2, 0.25) is 5.91 Å². The van der Waals surface area contributed by atoms with Crippen molar-refractivity contribution in [3.63, 3.8) is 0 Å². The molecule has 1 unspecified atom stereocenters. The maximum absolute atomic E-state index is 12.6. The number of hydrogen-bond donors (Lipinski definition) is 1. The summed E-state index contributed by atoms with van der Waals surface area (Å²) in [5.41, 5.74) is 6.19. The zero-order valence-corrected chi connectivity index (χ0v) is 11.5. The molecule has 1 aromatic carbocycles. The van der Waals surface area contributed by atoms with E-state index in [1.165, 1.54) is 0 Å². The van der Waals surface area contributed by atoms with E-state index in [1.807, 2.05) is 41.3 Å². The Morgan fingerprint density at radius 1 is 1.37 bits per heavy atom.